The molecule has 18 heavy (non-hydrogen) atoms. The number of fused-ring (bicyclic) bond motifs is 1. The van der Waals surface area contributed by atoms with Gasteiger partial charge in [-0.3, -0.25) is 19.3 Å². The maximum atomic E-state index is 11.9. The van der Waals surface area contributed by atoms with Crippen LogP contribution in [0.3, 0.4) is 0 Å². The van der Waals surface area contributed by atoms with E-state index >= 15 is 0 Å². The lowest BCUT2D eigenvalue weighted by atomic mass is 10.1. The largest absolute Gasteiger partial charge is 0.480 e. The van der Waals surface area contributed by atoms with Crippen LogP contribution in [0.15, 0.2) is 0 Å². The molecule has 0 aromatic carbocycles. The molecular formula is C10H8ClN3O4. The van der Waals surface area contributed by atoms with E-state index < -0.39 is 24.3 Å². The monoisotopic (exact) mass is 269 g/mol. The van der Waals surface area contributed by atoms with Gasteiger partial charge in [-0.2, -0.15) is 0 Å². The van der Waals surface area contributed by atoms with E-state index in [-0.39, 0.29) is 22.0 Å². The lowest BCUT2D eigenvalue weighted by molar-refractivity contribution is -0.137. The van der Waals surface area contributed by atoms with Gasteiger partial charge in [0.15, 0.2) is 0 Å². The number of carbonyl (C=O) groups excluding carboxylic acids is 2. The Hall–Kier alpha value is -2.15. The number of nitrogen functional groups attached to an aromatic ring is 1. The maximum absolute atomic E-state index is 11.9. The van der Waals surface area contributed by atoms with E-state index in [1.165, 1.54) is 0 Å². The molecule has 2 heterocycles. The molecule has 94 valence electrons. The molecule has 7 nitrogen and oxygen atoms in total. The van der Waals surface area contributed by atoms with Crippen LogP contribution in [-0.2, 0) is 4.79 Å². The number of rotatable bonds is 2. The fourth-order valence-corrected chi connectivity index (χ4v) is 2.04. The molecule has 0 bridgehead atoms. The van der Waals surface area contributed by atoms with Gasteiger partial charge in [-0.25, -0.2) is 4.98 Å². The van der Waals surface area contributed by atoms with Crippen LogP contribution in [-0.4, -0.2) is 39.3 Å². The minimum Gasteiger partial charge on any atom is -0.480 e. The van der Waals surface area contributed by atoms with Crippen molar-refractivity contribution in [2.24, 2.45) is 0 Å². The highest BCUT2D eigenvalue weighted by Crippen LogP contribution is 2.33. The van der Waals surface area contributed by atoms with Crippen LogP contribution in [0, 0.1) is 6.92 Å². The van der Waals surface area contributed by atoms with Gasteiger partial charge in [0.25, 0.3) is 11.8 Å². The standard InChI is InChI=1S/C10H8ClN3O4/c1-3-7(12)5-6(8(11)13-3)10(18)14(9(5)17)2-4(15)16/h2,12H2,1H3,(H,15,16). The third-order valence-electron chi connectivity index (χ3n) is 2.59. The summed E-state index contributed by atoms with van der Waals surface area (Å²) in [5.74, 6) is -2.85. The molecule has 0 unspecified atom stereocenters. The zero-order valence-corrected chi connectivity index (χ0v) is 9.98. The van der Waals surface area contributed by atoms with E-state index in [0.29, 0.717) is 10.6 Å². The lowest BCUT2D eigenvalue weighted by Gasteiger charge is -2.09. The zero-order valence-electron chi connectivity index (χ0n) is 9.23. The number of hydrogen-bond acceptors (Lipinski definition) is 5. The number of nitrogens with zero attached hydrogens (tertiary/aromatic N) is 2. The number of aromatic nitrogens is 1. The number of carboxylic acids is 1. The van der Waals surface area contributed by atoms with Crippen LogP contribution in [0.4, 0.5) is 5.69 Å². The quantitative estimate of drug-likeness (QED) is 0.590. The molecular weight excluding hydrogens is 262 g/mol. The van der Waals surface area contributed by atoms with Gasteiger partial charge in [-0.1, -0.05) is 11.6 Å². The molecule has 2 rings (SSSR count). The number of nitrogens with two attached hydrogens (primary N) is 1. The van der Waals surface area contributed by atoms with Gasteiger partial charge in [0.2, 0.25) is 0 Å². The fraction of sp³-hybridized carbons (Fsp3) is 0.200. The van der Waals surface area contributed by atoms with Crippen molar-refractivity contribution >= 4 is 35.1 Å². The van der Waals surface area contributed by atoms with Crippen molar-refractivity contribution in [2.45, 2.75) is 6.92 Å². The number of hydrogen-bond donors (Lipinski definition) is 2. The third-order valence-corrected chi connectivity index (χ3v) is 2.87. The van der Waals surface area contributed by atoms with E-state index in [1.54, 1.807) is 6.92 Å². The molecule has 0 fully saturated rings. The van der Waals surface area contributed by atoms with Crippen LogP contribution in [0.25, 0.3) is 0 Å². The fourth-order valence-electron chi connectivity index (χ4n) is 1.74. The van der Waals surface area contributed by atoms with Gasteiger partial charge in [-0.05, 0) is 6.92 Å². The van der Waals surface area contributed by atoms with Crippen molar-refractivity contribution in [3.05, 3.63) is 22.0 Å². The number of aliphatic carboxylic acids is 1. The second-order valence-electron chi connectivity index (χ2n) is 3.74. The number of amides is 2. The molecule has 2 amide bonds. The number of anilines is 1. The molecule has 0 spiro atoms. The van der Waals surface area contributed by atoms with Crippen LogP contribution in [0.1, 0.15) is 26.4 Å². The number of pyridine rings is 1. The third kappa shape index (κ3) is 1.60. The molecule has 0 saturated carbocycles. The van der Waals surface area contributed by atoms with Gasteiger partial charge in [0.05, 0.1) is 22.5 Å². The van der Waals surface area contributed by atoms with Gasteiger partial charge in [-0.15, -0.1) is 0 Å². The van der Waals surface area contributed by atoms with Crippen molar-refractivity contribution in [3.63, 3.8) is 0 Å². The van der Waals surface area contributed by atoms with Crippen LogP contribution < -0.4 is 5.73 Å². The van der Waals surface area contributed by atoms with Crippen LogP contribution >= 0.6 is 11.6 Å². The topological polar surface area (TPSA) is 114 Å². The Bertz CT molecular complexity index is 599. The summed E-state index contributed by atoms with van der Waals surface area (Å²) >= 11 is 5.80. The minimum atomic E-state index is -1.30. The first-order valence-electron chi connectivity index (χ1n) is 4.88. The van der Waals surface area contributed by atoms with Crippen molar-refractivity contribution in [3.8, 4) is 0 Å². The summed E-state index contributed by atoms with van der Waals surface area (Å²) in [6, 6.07) is 0. The molecule has 0 aliphatic carbocycles. The Kier molecular flexibility index (Phi) is 2.70. The highest BCUT2D eigenvalue weighted by Gasteiger charge is 2.41. The molecule has 3 N–H and O–H groups in total. The first-order valence-corrected chi connectivity index (χ1v) is 5.26. The average Bonchev–Trinajstić information content (AvgIpc) is 2.50. The first-order chi connectivity index (χ1) is 8.34. The van der Waals surface area contributed by atoms with Gasteiger partial charge in [0.1, 0.15) is 11.7 Å². The number of imide groups is 1. The molecule has 1 aromatic rings. The summed E-state index contributed by atoms with van der Waals surface area (Å²) in [4.78, 5) is 38.9. The zero-order chi connectivity index (χ0) is 13.6. The summed E-state index contributed by atoms with van der Waals surface area (Å²) in [6.45, 7) is 0.806. The summed E-state index contributed by atoms with van der Waals surface area (Å²) in [7, 11) is 0. The summed E-state index contributed by atoms with van der Waals surface area (Å²) < 4.78 is 0. The number of carbonyl (C=O) groups is 3. The Morgan fingerprint density at radius 2 is 1.94 bits per heavy atom. The van der Waals surface area contributed by atoms with Crippen molar-refractivity contribution in [2.75, 3.05) is 12.3 Å². The molecule has 0 radical (unpaired) electrons. The van der Waals surface area contributed by atoms with Crippen molar-refractivity contribution in [1.29, 1.82) is 0 Å². The second kappa shape index (κ2) is 3.95. The van der Waals surface area contributed by atoms with E-state index in [4.69, 9.17) is 22.4 Å². The van der Waals surface area contributed by atoms with Crippen LogP contribution in [0.2, 0.25) is 5.15 Å². The van der Waals surface area contributed by atoms with Gasteiger partial charge in [0, 0.05) is 0 Å². The Labute approximate surface area is 106 Å². The predicted molar refractivity (Wildman–Crippen MR) is 61.4 cm³/mol. The molecule has 0 atom stereocenters. The molecule has 8 heteroatoms. The van der Waals surface area contributed by atoms with E-state index in [9.17, 15) is 14.4 Å². The minimum absolute atomic E-state index is 0.0423. The normalized spacial score (nSPS) is 14.0. The molecule has 1 aromatic heterocycles. The SMILES string of the molecule is Cc1nc(Cl)c2c(c1N)C(=O)N(CC(=O)O)C2=O. The van der Waals surface area contributed by atoms with Crippen LogP contribution in [0.5, 0.6) is 0 Å². The Morgan fingerprint density at radius 1 is 1.39 bits per heavy atom. The second-order valence-corrected chi connectivity index (χ2v) is 4.10. The first kappa shape index (κ1) is 12.3. The highest BCUT2D eigenvalue weighted by atomic mass is 35.5. The summed E-state index contributed by atoms with van der Waals surface area (Å²) in [6.07, 6.45) is 0. The van der Waals surface area contributed by atoms with Crippen molar-refractivity contribution < 1.29 is 19.5 Å². The molecule has 1 aliphatic heterocycles. The average molecular weight is 270 g/mol. The lowest BCUT2D eigenvalue weighted by Crippen LogP contribution is -2.34. The van der Waals surface area contributed by atoms with E-state index in [1.807, 2.05) is 0 Å². The summed E-state index contributed by atoms with van der Waals surface area (Å²) in [5, 5.41) is 8.51. The van der Waals surface area contributed by atoms with Crippen molar-refractivity contribution in [1.82, 2.24) is 9.88 Å². The Morgan fingerprint density at radius 3 is 2.50 bits per heavy atom. The number of aryl methyl sites for hydroxylation is 1. The van der Waals surface area contributed by atoms with Gasteiger partial charge >= 0.3 is 5.97 Å². The smallest absolute Gasteiger partial charge is 0.323 e. The predicted octanol–water partition coefficient (Wildman–Crippen LogP) is 0.306. The number of carboxylic acid groups (broad SMARTS) is 1. The Balaban J connectivity index is 2.62. The summed E-state index contributed by atoms with van der Waals surface area (Å²) in [5.41, 5.74) is 5.84. The maximum Gasteiger partial charge on any atom is 0.323 e. The number of halogens is 1. The van der Waals surface area contributed by atoms with E-state index in [0.717, 1.165) is 0 Å². The van der Waals surface area contributed by atoms with E-state index in [2.05, 4.69) is 4.98 Å². The molecule has 0 saturated heterocycles. The van der Waals surface area contributed by atoms with Gasteiger partial charge < -0.3 is 10.8 Å². The molecule has 1 aliphatic rings. The highest BCUT2D eigenvalue weighted by molar-refractivity contribution is 6.37.